The zero-order chi connectivity index (χ0) is 18.4. The van der Waals surface area contributed by atoms with Crippen LogP contribution in [0.25, 0.3) is 0 Å². The highest BCUT2D eigenvalue weighted by Crippen LogP contribution is 2.21. The number of piperazine rings is 1. The fourth-order valence-electron chi connectivity index (χ4n) is 2.60. The molecule has 1 aliphatic rings. The molecule has 1 fully saturated rings. The van der Waals surface area contributed by atoms with Crippen molar-refractivity contribution in [1.29, 1.82) is 0 Å². The van der Waals surface area contributed by atoms with Crippen molar-refractivity contribution in [2.75, 3.05) is 37.7 Å². The first-order valence-corrected chi connectivity index (χ1v) is 7.88. The summed E-state index contributed by atoms with van der Waals surface area (Å²) in [7, 11) is 0. The van der Waals surface area contributed by atoms with E-state index in [0.717, 1.165) is 0 Å². The lowest BCUT2D eigenvalue weighted by Crippen LogP contribution is -2.49. The van der Waals surface area contributed by atoms with Crippen molar-refractivity contribution in [2.45, 2.75) is 20.4 Å². The van der Waals surface area contributed by atoms with Gasteiger partial charge in [-0.15, -0.1) is 5.92 Å². The van der Waals surface area contributed by atoms with E-state index in [1.165, 1.54) is 4.90 Å². The highest BCUT2D eigenvalue weighted by Gasteiger charge is 2.29. The minimum atomic E-state index is -0.972. The molecule has 0 bridgehead atoms. The molecule has 9 heteroatoms. The molecule has 1 aromatic rings. The number of esters is 1. The van der Waals surface area contributed by atoms with E-state index in [2.05, 4.69) is 16.8 Å². The van der Waals surface area contributed by atoms with Crippen LogP contribution in [0.2, 0.25) is 0 Å². The van der Waals surface area contributed by atoms with Gasteiger partial charge in [-0.05, 0) is 13.8 Å². The fourth-order valence-corrected chi connectivity index (χ4v) is 2.60. The van der Waals surface area contributed by atoms with Crippen LogP contribution in [0.4, 0.5) is 10.7 Å². The number of hydrogen-bond acceptors (Lipinski definition) is 6. The molecule has 2 rings (SSSR count). The third-order valence-corrected chi connectivity index (χ3v) is 3.80. The molecule has 0 unspecified atom stereocenters. The SMILES string of the molecule is CC#CCn1c(N2CCN(C(=O)O)CC2)nc(C=O)c1C(=O)OCC. The average molecular weight is 348 g/mol. The van der Waals surface area contributed by atoms with E-state index in [-0.39, 0.29) is 24.5 Å². The van der Waals surface area contributed by atoms with Crippen LogP contribution in [0.3, 0.4) is 0 Å². The number of hydrogen-bond donors (Lipinski definition) is 1. The van der Waals surface area contributed by atoms with Crippen LogP contribution < -0.4 is 4.90 Å². The van der Waals surface area contributed by atoms with Crippen molar-refractivity contribution in [3.05, 3.63) is 11.4 Å². The highest BCUT2D eigenvalue weighted by atomic mass is 16.5. The Balaban J connectivity index is 2.39. The van der Waals surface area contributed by atoms with Gasteiger partial charge in [0, 0.05) is 26.2 Å². The molecule has 134 valence electrons. The number of imidazole rings is 1. The Kier molecular flexibility index (Phi) is 6.00. The summed E-state index contributed by atoms with van der Waals surface area (Å²) in [6.07, 6.45) is -0.459. The highest BCUT2D eigenvalue weighted by molar-refractivity contribution is 5.96. The number of ether oxygens (including phenoxy) is 1. The lowest BCUT2D eigenvalue weighted by Gasteiger charge is -2.33. The fraction of sp³-hybridized carbons (Fsp3) is 0.500. The standard InChI is InChI=1S/C16H20N4O5/c1-3-5-6-20-13(14(22)25-4-2)12(11-21)17-15(20)18-7-9-19(10-8-18)16(23)24/h11H,4,6-10H2,1-2H3,(H,23,24). The molecule has 2 heterocycles. The average Bonchev–Trinajstić information content (AvgIpc) is 2.98. The predicted molar refractivity (Wildman–Crippen MR) is 88.8 cm³/mol. The van der Waals surface area contributed by atoms with Gasteiger partial charge < -0.3 is 19.6 Å². The summed E-state index contributed by atoms with van der Waals surface area (Å²) in [5.74, 6) is 5.40. The number of amides is 1. The van der Waals surface area contributed by atoms with Crippen molar-refractivity contribution < 1.29 is 24.2 Å². The zero-order valence-electron chi connectivity index (χ0n) is 14.2. The van der Waals surface area contributed by atoms with E-state index >= 15 is 0 Å². The molecule has 25 heavy (non-hydrogen) atoms. The van der Waals surface area contributed by atoms with Crippen LogP contribution in [-0.2, 0) is 11.3 Å². The molecular weight excluding hydrogens is 328 g/mol. The molecule has 9 nitrogen and oxygen atoms in total. The molecule has 1 saturated heterocycles. The predicted octanol–water partition coefficient (Wildman–Crippen LogP) is 0.696. The summed E-state index contributed by atoms with van der Waals surface area (Å²) in [4.78, 5) is 42.1. The maximum absolute atomic E-state index is 12.3. The first-order chi connectivity index (χ1) is 12.0. The van der Waals surface area contributed by atoms with Crippen molar-refractivity contribution in [3.63, 3.8) is 0 Å². The van der Waals surface area contributed by atoms with Crippen LogP contribution in [0.15, 0.2) is 0 Å². The Labute approximate surface area is 145 Å². The summed E-state index contributed by atoms with van der Waals surface area (Å²) >= 11 is 0. The van der Waals surface area contributed by atoms with Crippen LogP contribution in [0.5, 0.6) is 0 Å². The summed E-state index contributed by atoms with van der Waals surface area (Å²) in [6, 6.07) is 0. The van der Waals surface area contributed by atoms with Crippen LogP contribution in [0, 0.1) is 11.8 Å². The van der Waals surface area contributed by atoms with Gasteiger partial charge >= 0.3 is 12.1 Å². The molecule has 1 aromatic heterocycles. The monoisotopic (exact) mass is 348 g/mol. The largest absolute Gasteiger partial charge is 0.465 e. The second-order valence-electron chi connectivity index (χ2n) is 5.25. The Morgan fingerprint density at radius 2 is 2.00 bits per heavy atom. The van der Waals surface area contributed by atoms with Gasteiger partial charge in [0.25, 0.3) is 0 Å². The summed E-state index contributed by atoms with van der Waals surface area (Å²) in [6.45, 7) is 5.14. The van der Waals surface area contributed by atoms with Crippen molar-refractivity contribution in [3.8, 4) is 11.8 Å². The minimum Gasteiger partial charge on any atom is -0.465 e. The summed E-state index contributed by atoms with van der Waals surface area (Å²) < 4.78 is 6.58. The minimum absolute atomic E-state index is 0.00739. The number of carboxylic acid groups (broad SMARTS) is 1. The number of aromatic nitrogens is 2. The van der Waals surface area contributed by atoms with Crippen LogP contribution in [0.1, 0.15) is 34.8 Å². The Morgan fingerprint density at radius 1 is 1.32 bits per heavy atom. The van der Waals surface area contributed by atoms with Gasteiger partial charge in [0.15, 0.2) is 12.0 Å². The topological polar surface area (TPSA) is 105 Å². The van der Waals surface area contributed by atoms with E-state index in [9.17, 15) is 14.4 Å². The first kappa shape index (κ1) is 18.3. The number of anilines is 1. The summed E-state index contributed by atoms with van der Waals surface area (Å²) in [5, 5.41) is 9.04. The summed E-state index contributed by atoms with van der Waals surface area (Å²) in [5.41, 5.74) is 0.0577. The van der Waals surface area contributed by atoms with Gasteiger partial charge in [-0.25, -0.2) is 14.6 Å². The number of carbonyl (C=O) groups is 3. The van der Waals surface area contributed by atoms with Gasteiger partial charge in [0.2, 0.25) is 5.95 Å². The third-order valence-electron chi connectivity index (χ3n) is 3.80. The maximum atomic E-state index is 12.3. The Hall–Kier alpha value is -3.02. The molecule has 0 radical (unpaired) electrons. The van der Waals surface area contributed by atoms with E-state index < -0.39 is 12.1 Å². The molecule has 1 amide bonds. The first-order valence-electron chi connectivity index (χ1n) is 7.88. The number of rotatable bonds is 5. The normalized spacial score (nSPS) is 13.8. The molecule has 1 aliphatic heterocycles. The van der Waals surface area contributed by atoms with Gasteiger partial charge in [-0.3, -0.25) is 9.36 Å². The number of nitrogens with zero attached hydrogens (tertiary/aromatic N) is 4. The second kappa shape index (κ2) is 8.19. The van der Waals surface area contributed by atoms with Crippen molar-refractivity contribution in [2.24, 2.45) is 0 Å². The van der Waals surface area contributed by atoms with Crippen molar-refractivity contribution >= 4 is 24.3 Å². The molecule has 0 atom stereocenters. The molecule has 0 saturated carbocycles. The van der Waals surface area contributed by atoms with E-state index in [4.69, 9.17) is 9.84 Å². The lowest BCUT2D eigenvalue weighted by molar-refractivity contribution is 0.0512. The van der Waals surface area contributed by atoms with Crippen molar-refractivity contribution in [1.82, 2.24) is 14.5 Å². The lowest BCUT2D eigenvalue weighted by atomic mass is 10.3. The van der Waals surface area contributed by atoms with Gasteiger partial charge in [-0.2, -0.15) is 0 Å². The quantitative estimate of drug-likeness (QED) is 0.474. The molecule has 0 spiro atoms. The van der Waals surface area contributed by atoms with Gasteiger partial charge in [0.1, 0.15) is 5.69 Å². The van der Waals surface area contributed by atoms with Gasteiger partial charge in [0.05, 0.1) is 13.2 Å². The second-order valence-corrected chi connectivity index (χ2v) is 5.25. The number of aldehydes is 1. The van der Waals surface area contributed by atoms with Crippen LogP contribution >= 0.6 is 0 Å². The Bertz CT molecular complexity index is 723. The van der Waals surface area contributed by atoms with E-state index in [1.54, 1.807) is 18.4 Å². The number of carbonyl (C=O) groups excluding carboxylic acids is 2. The molecular formula is C16H20N4O5. The van der Waals surface area contributed by atoms with E-state index in [0.29, 0.717) is 38.4 Å². The van der Waals surface area contributed by atoms with Gasteiger partial charge in [-0.1, -0.05) is 5.92 Å². The smallest absolute Gasteiger partial charge is 0.407 e. The maximum Gasteiger partial charge on any atom is 0.407 e. The Morgan fingerprint density at radius 3 is 2.52 bits per heavy atom. The van der Waals surface area contributed by atoms with E-state index in [1.807, 2.05) is 4.90 Å². The zero-order valence-corrected chi connectivity index (χ0v) is 14.2. The van der Waals surface area contributed by atoms with Crippen LogP contribution in [-0.4, -0.2) is 70.7 Å². The molecule has 1 N–H and O–H groups in total. The third kappa shape index (κ3) is 3.91. The molecule has 0 aliphatic carbocycles. The molecule has 0 aromatic carbocycles.